The average molecular weight is 302 g/mol. The zero-order valence-electron chi connectivity index (χ0n) is 11.9. The zero-order valence-corrected chi connectivity index (χ0v) is 12.7. The fourth-order valence-electron chi connectivity index (χ4n) is 2.71. The predicted octanol–water partition coefficient (Wildman–Crippen LogP) is 2.21. The number of anilines is 1. The number of rotatable bonds is 3. The Morgan fingerprint density at radius 1 is 1.19 bits per heavy atom. The third-order valence-electron chi connectivity index (χ3n) is 3.97. The SMILES string of the molecule is Cc1ccc(S(=O)(=O)N2CCc3ccccc32)cc1CN. The molecule has 0 fully saturated rings. The molecule has 4 nitrogen and oxygen atoms in total. The van der Waals surface area contributed by atoms with Crippen LogP contribution in [0, 0.1) is 6.92 Å². The lowest BCUT2D eigenvalue weighted by Crippen LogP contribution is -2.29. The second-order valence-electron chi connectivity index (χ2n) is 5.25. The smallest absolute Gasteiger partial charge is 0.264 e. The number of aryl methyl sites for hydroxylation is 1. The molecule has 0 unspecified atom stereocenters. The molecule has 21 heavy (non-hydrogen) atoms. The first-order valence-electron chi connectivity index (χ1n) is 6.94. The number of fused-ring (bicyclic) bond motifs is 1. The molecule has 0 saturated carbocycles. The van der Waals surface area contributed by atoms with Crippen molar-refractivity contribution < 1.29 is 8.42 Å². The van der Waals surface area contributed by atoms with E-state index < -0.39 is 10.0 Å². The molecule has 110 valence electrons. The van der Waals surface area contributed by atoms with E-state index in [0.717, 1.165) is 28.8 Å². The fourth-order valence-corrected chi connectivity index (χ4v) is 4.27. The van der Waals surface area contributed by atoms with Crippen LogP contribution in [0.4, 0.5) is 5.69 Å². The maximum Gasteiger partial charge on any atom is 0.264 e. The summed E-state index contributed by atoms with van der Waals surface area (Å²) in [4.78, 5) is 0.310. The highest BCUT2D eigenvalue weighted by Crippen LogP contribution is 2.32. The van der Waals surface area contributed by atoms with E-state index in [1.165, 1.54) is 4.31 Å². The summed E-state index contributed by atoms with van der Waals surface area (Å²) in [5.41, 5.74) is 9.42. The minimum Gasteiger partial charge on any atom is -0.326 e. The lowest BCUT2D eigenvalue weighted by Gasteiger charge is -2.20. The second kappa shape index (κ2) is 5.16. The summed E-state index contributed by atoms with van der Waals surface area (Å²) < 4.78 is 27.2. The minimum atomic E-state index is -3.52. The molecule has 2 aromatic carbocycles. The van der Waals surface area contributed by atoms with Gasteiger partial charge in [0.15, 0.2) is 0 Å². The first-order valence-corrected chi connectivity index (χ1v) is 8.38. The third-order valence-corrected chi connectivity index (χ3v) is 5.78. The van der Waals surface area contributed by atoms with E-state index in [1.807, 2.05) is 37.3 Å². The van der Waals surface area contributed by atoms with Gasteiger partial charge in [0.05, 0.1) is 10.6 Å². The van der Waals surface area contributed by atoms with E-state index in [-0.39, 0.29) is 0 Å². The molecule has 1 aliphatic rings. The van der Waals surface area contributed by atoms with E-state index in [4.69, 9.17) is 5.73 Å². The van der Waals surface area contributed by atoms with Gasteiger partial charge in [-0.05, 0) is 48.2 Å². The molecule has 3 rings (SSSR count). The van der Waals surface area contributed by atoms with E-state index in [9.17, 15) is 8.42 Å². The highest BCUT2D eigenvalue weighted by Gasteiger charge is 2.30. The van der Waals surface area contributed by atoms with Crippen LogP contribution in [0.1, 0.15) is 16.7 Å². The summed E-state index contributed by atoms with van der Waals surface area (Å²) >= 11 is 0. The number of nitrogens with two attached hydrogens (primary N) is 1. The van der Waals surface area contributed by atoms with Crippen molar-refractivity contribution in [1.29, 1.82) is 0 Å². The van der Waals surface area contributed by atoms with Crippen LogP contribution in [0.5, 0.6) is 0 Å². The van der Waals surface area contributed by atoms with Crippen LogP contribution in [-0.2, 0) is 23.0 Å². The molecule has 0 atom stereocenters. The normalized spacial score (nSPS) is 14.3. The molecule has 2 aromatic rings. The fraction of sp³-hybridized carbons (Fsp3) is 0.250. The van der Waals surface area contributed by atoms with Gasteiger partial charge in [0.1, 0.15) is 0 Å². The molecule has 0 aliphatic carbocycles. The molecule has 0 amide bonds. The summed E-state index contributed by atoms with van der Waals surface area (Å²) in [7, 11) is -3.52. The van der Waals surface area contributed by atoms with E-state index in [2.05, 4.69) is 0 Å². The van der Waals surface area contributed by atoms with Gasteiger partial charge in [0.2, 0.25) is 0 Å². The molecule has 1 aliphatic heterocycles. The molecule has 0 bridgehead atoms. The number of hydrogen-bond acceptors (Lipinski definition) is 3. The van der Waals surface area contributed by atoms with Crippen molar-refractivity contribution in [3.05, 3.63) is 59.2 Å². The van der Waals surface area contributed by atoms with Gasteiger partial charge in [-0.15, -0.1) is 0 Å². The second-order valence-corrected chi connectivity index (χ2v) is 7.11. The molecule has 5 heteroatoms. The van der Waals surface area contributed by atoms with Crippen molar-refractivity contribution in [2.45, 2.75) is 24.8 Å². The van der Waals surface area contributed by atoms with Gasteiger partial charge >= 0.3 is 0 Å². The lowest BCUT2D eigenvalue weighted by molar-refractivity contribution is 0.592. The van der Waals surface area contributed by atoms with Crippen LogP contribution < -0.4 is 10.0 Å². The molecule has 0 aromatic heterocycles. The molecule has 0 saturated heterocycles. The summed E-state index contributed by atoms with van der Waals surface area (Å²) in [6.07, 6.45) is 0.755. The van der Waals surface area contributed by atoms with Gasteiger partial charge in [-0.1, -0.05) is 24.3 Å². The number of sulfonamides is 1. The number of para-hydroxylation sites is 1. The molecular weight excluding hydrogens is 284 g/mol. The van der Waals surface area contributed by atoms with Crippen LogP contribution in [0.25, 0.3) is 0 Å². The van der Waals surface area contributed by atoms with Crippen LogP contribution in [0.2, 0.25) is 0 Å². The summed E-state index contributed by atoms with van der Waals surface area (Å²) in [6, 6.07) is 12.8. The Morgan fingerprint density at radius 2 is 1.95 bits per heavy atom. The Balaban J connectivity index is 2.06. The molecule has 2 N–H and O–H groups in total. The maximum absolute atomic E-state index is 12.9. The maximum atomic E-state index is 12.9. The van der Waals surface area contributed by atoms with Gasteiger partial charge < -0.3 is 5.73 Å². The Morgan fingerprint density at radius 3 is 2.71 bits per heavy atom. The minimum absolute atomic E-state index is 0.310. The molecule has 0 radical (unpaired) electrons. The third kappa shape index (κ3) is 2.32. The van der Waals surface area contributed by atoms with Gasteiger partial charge in [0.25, 0.3) is 10.0 Å². The topological polar surface area (TPSA) is 63.4 Å². The van der Waals surface area contributed by atoms with Crippen molar-refractivity contribution in [2.75, 3.05) is 10.8 Å². The van der Waals surface area contributed by atoms with Gasteiger partial charge in [-0.2, -0.15) is 0 Å². The molecular formula is C16H18N2O2S. The summed E-state index contributed by atoms with van der Waals surface area (Å²) in [5.74, 6) is 0. The summed E-state index contributed by atoms with van der Waals surface area (Å²) in [6.45, 7) is 2.77. The van der Waals surface area contributed by atoms with Crippen molar-refractivity contribution in [3.8, 4) is 0 Å². The molecule has 0 spiro atoms. The Kier molecular flexibility index (Phi) is 3.47. The number of nitrogens with zero attached hydrogens (tertiary/aromatic N) is 1. The van der Waals surface area contributed by atoms with Crippen molar-refractivity contribution in [3.63, 3.8) is 0 Å². The molecule has 1 heterocycles. The van der Waals surface area contributed by atoms with Gasteiger partial charge in [-0.3, -0.25) is 4.31 Å². The van der Waals surface area contributed by atoms with E-state index >= 15 is 0 Å². The van der Waals surface area contributed by atoms with Crippen molar-refractivity contribution in [2.24, 2.45) is 5.73 Å². The monoisotopic (exact) mass is 302 g/mol. The lowest BCUT2D eigenvalue weighted by atomic mass is 10.1. The first kappa shape index (κ1) is 14.1. The average Bonchev–Trinajstić information content (AvgIpc) is 2.92. The zero-order chi connectivity index (χ0) is 15.0. The Labute approximate surface area is 125 Å². The largest absolute Gasteiger partial charge is 0.326 e. The highest BCUT2D eigenvalue weighted by molar-refractivity contribution is 7.92. The van der Waals surface area contributed by atoms with Crippen LogP contribution in [-0.4, -0.2) is 15.0 Å². The number of benzene rings is 2. The Hall–Kier alpha value is -1.85. The quantitative estimate of drug-likeness (QED) is 0.945. The van der Waals surface area contributed by atoms with Crippen LogP contribution in [0.15, 0.2) is 47.4 Å². The van der Waals surface area contributed by atoms with Crippen molar-refractivity contribution in [1.82, 2.24) is 0 Å². The number of hydrogen-bond donors (Lipinski definition) is 1. The summed E-state index contributed by atoms with van der Waals surface area (Å²) in [5, 5.41) is 0. The van der Waals surface area contributed by atoms with E-state index in [0.29, 0.717) is 18.0 Å². The van der Waals surface area contributed by atoms with Crippen LogP contribution in [0.3, 0.4) is 0 Å². The van der Waals surface area contributed by atoms with Gasteiger partial charge in [-0.25, -0.2) is 8.42 Å². The van der Waals surface area contributed by atoms with Gasteiger partial charge in [0, 0.05) is 13.1 Å². The van der Waals surface area contributed by atoms with Crippen LogP contribution >= 0.6 is 0 Å². The predicted molar refractivity (Wildman–Crippen MR) is 83.7 cm³/mol. The van der Waals surface area contributed by atoms with E-state index in [1.54, 1.807) is 12.1 Å². The van der Waals surface area contributed by atoms with Crippen molar-refractivity contribution >= 4 is 15.7 Å². The standard InChI is InChI=1S/C16H18N2O2S/c1-12-6-7-15(10-14(12)11-17)21(19,20)18-9-8-13-4-2-3-5-16(13)18/h2-7,10H,8-9,11,17H2,1H3. The first-order chi connectivity index (χ1) is 10.0. The highest BCUT2D eigenvalue weighted by atomic mass is 32.2. The Bertz CT molecular complexity index is 785.